The van der Waals surface area contributed by atoms with Crippen LogP contribution in [-0.4, -0.2) is 29.9 Å². The van der Waals surface area contributed by atoms with Crippen LogP contribution in [-0.2, 0) is 10.2 Å². The van der Waals surface area contributed by atoms with Crippen molar-refractivity contribution < 1.29 is 4.79 Å². The summed E-state index contributed by atoms with van der Waals surface area (Å²) in [6.45, 7) is 3.78. The van der Waals surface area contributed by atoms with Gasteiger partial charge in [0.05, 0.1) is 5.41 Å². The van der Waals surface area contributed by atoms with Crippen LogP contribution in [0.3, 0.4) is 0 Å². The van der Waals surface area contributed by atoms with Crippen LogP contribution >= 0.6 is 24.0 Å². The van der Waals surface area contributed by atoms with Gasteiger partial charge in [-0.3, -0.25) is 4.79 Å². The van der Waals surface area contributed by atoms with E-state index in [1.54, 1.807) is 0 Å². The smallest absolute Gasteiger partial charge is 0.233 e. The average Bonchev–Trinajstić information content (AvgIpc) is 2.62. The maximum Gasteiger partial charge on any atom is 0.233 e. The zero-order valence-electron chi connectivity index (χ0n) is 15.0. The summed E-state index contributed by atoms with van der Waals surface area (Å²) >= 11 is 6.06. The van der Waals surface area contributed by atoms with Crippen molar-refractivity contribution in [2.45, 2.75) is 63.3 Å². The number of amides is 1. The summed E-state index contributed by atoms with van der Waals surface area (Å²) in [5, 5.41) is 0.731. The van der Waals surface area contributed by atoms with Gasteiger partial charge in [-0.25, -0.2) is 0 Å². The predicted molar refractivity (Wildman–Crippen MR) is 106 cm³/mol. The van der Waals surface area contributed by atoms with Gasteiger partial charge in [0.25, 0.3) is 0 Å². The Morgan fingerprint density at radius 2 is 1.72 bits per heavy atom. The summed E-state index contributed by atoms with van der Waals surface area (Å²) in [6.07, 6.45) is 7.46. The van der Waals surface area contributed by atoms with Gasteiger partial charge in [0, 0.05) is 24.2 Å². The molecule has 140 valence electrons. The second kappa shape index (κ2) is 8.75. The van der Waals surface area contributed by atoms with Gasteiger partial charge in [-0.2, -0.15) is 0 Å². The Morgan fingerprint density at radius 1 is 1.16 bits per heavy atom. The van der Waals surface area contributed by atoms with Crippen LogP contribution in [0.25, 0.3) is 0 Å². The Balaban J connectivity index is 0.00000225. The highest BCUT2D eigenvalue weighted by molar-refractivity contribution is 6.30. The Labute approximate surface area is 162 Å². The molecule has 1 atom stereocenters. The molecule has 1 aromatic carbocycles. The maximum atomic E-state index is 13.5. The number of piperidine rings is 1. The zero-order chi connectivity index (χ0) is 17.2. The SMILES string of the molecule is CC(N)C1CCN(C(=O)C2(c3ccc(Cl)cc3)CCCCC2)CC1.Cl. The Bertz CT molecular complexity index is 560. The molecule has 0 radical (unpaired) electrons. The van der Waals surface area contributed by atoms with Gasteiger partial charge in [0.2, 0.25) is 5.91 Å². The lowest BCUT2D eigenvalue weighted by atomic mass is 9.68. The quantitative estimate of drug-likeness (QED) is 0.830. The fourth-order valence-electron chi connectivity index (χ4n) is 4.48. The lowest BCUT2D eigenvalue weighted by Crippen LogP contribution is -2.51. The molecule has 1 unspecified atom stereocenters. The fourth-order valence-corrected chi connectivity index (χ4v) is 4.61. The number of nitrogens with two attached hydrogens (primary N) is 1. The highest BCUT2D eigenvalue weighted by Crippen LogP contribution is 2.42. The third-order valence-corrected chi connectivity index (χ3v) is 6.34. The highest BCUT2D eigenvalue weighted by Gasteiger charge is 2.44. The molecular formula is C20H30Cl2N2O. The van der Waals surface area contributed by atoms with Crippen molar-refractivity contribution in [3.63, 3.8) is 0 Å². The monoisotopic (exact) mass is 384 g/mol. The van der Waals surface area contributed by atoms with E-state index in [9.17, 15) is 4.79 Å². The summed E-state index contributed by atoms with van der Waals surface area (Å²) in [5.74, 6) is 0.875. The number of halogens is 2. The highest BCUT2D eigenvalue weighted by atomic mass is 35.5. The van der Waals surface area contributed by atoms with Crippen LogP contribution < -0.4 is 5.73 Å². The number of nitrogens with zero attached hydrogens (tertiary/aromatic N) is 1. The van der Waals surface area contributed by atoms with Crippen molar-refractivity contribution in [3.8, 4) is 0 Å². The molecule has 5 heteroatoms. The molecule has 1 saturated carbocycles. The van der Waals surface area contributed by atoms with E-state index < -0.39 is 0 Å². The first-order valence-electron chi connectivity index (χ1n) is 9.34. The van der Waals surface area contributed by atoms with Gasteiger partial charge < -0.3 is 10.6 Å². The molecule has 0 aromatic heterocycles. The van der Waals surface area contributed by atoms with Crippen molar-refractivity contribution in [2.75, 3.05) is 13.1 Å². The molecule has 3 rings (SSSR count). The maximum absolute atomic E-state index is 13.5. The zero-order valence-corrected chi connectivity index (χ0v) is 16.6. The molecule has 25 heavy (non-hydrogen) atoms. The number of hydrogen-bond acceptors (Lipinski definition) is 2. The topological polar surface area (TPSA) is 46.3 Å². The van der Waals surface area contributed by atoms with Crippen LogP contribution in [0.1, 0.15) is 57.4 Å². The standard InChI is InChI=1S/C20H29ClN2O.ClH/c1-15(22)16-9-13-23(14-10-16)19(24)20(11-3-2-4-12-20)17-5-7-18(21)8-6-17;/h5-8,15-16H,2-4,9-14,22H2,1H3;1H. The van der Waals surface area contributed by atoms with Crippen molar-refractivity contribution in [1.29, 1.82) is 0 Å². The van der Waals surface area contributed by atoms with Crippen molar-refractivity contribution in [3.05, 3.63) is 34.9 Å². The molecular weight excluding hydrogens is 355 g/mol. The minimum Gasteiger partial charge on any atom is -0.342 e. The van der Waals surface area contributed by atoms with E-state index in [2.05, 4.69) is 24.0 Å². The first kappa shape index (κ1) is 20.5. The summed E-state index contributed by atoms with van der Waals surface area (Å²) in [7, 11) is 0. The number of likely N-dealkylation sites (tertiary alicyclic amines) is 1. The predicted octanol–water partition coefficient (Wildman–Crippen LogP) is 4.55. The molecule has 1 saturated heterocycles. The van der Waals surface area contributed by atoms with E-state index in [-0.39, 0.29) is 23.9 Å². The third kappa shape index (κ3) is 4.32. The summed E-state index contributed by atoms with van der Waals surface area (Å²) < 4.78 is 0. The Hall–Kier alpha value is -0.770. The Kier molecular flexibility index (Phi) is 7.19. The van der Waals surface area contributed by atoms with Crippen LogP contribution in [0.2, 0.25) is 5.02 Å². The van der Waals surface area contributed by atoms with E-state index in [1.807, 2.05) is 12.1 Å². The van der Waals surface area contributed by atoms with E-state index in [4.69, 9.17) is 17.3 Å². The number of benzene rings is 1. The molecule has 1 heterocycles. The molecule has 1 aliphatic heterocycles. The van der Waals surface area contributed by atoms with E-state index in [0.717, 1.165) is 62.2 Å². The van der Waals surface area contributed by atoms with E-state index >= 15 is 0 Å². The first-order chi connectivity index (χ1) is 11.5. The van der Waals surface area contributed by atoms with Gasteiger partial charge in [-0.1, -0.05) is 43.0 Å². The molecule has 0 spiro atoms. The molecule has 1 aliphatic carbocycles. The average molecular weight is 385 g/mol. The van der Waals surface area contributed by atoms with Crippen LogP contribution in [0, 0.1) is 5.92 Å². The molecule has 0 bridgehead atoms. The minimum atomic E-state index is -0.343. The third-order valence-electron chi connectivity index (χ3n) is 6.08. The Morgan fingerprint density at radius 3 is 2.24 bits per heavy atom. The van der Waals surface area contributed by atoms with Gasteiger partial charge >= 0.3 is 0 Å². The lowest BCUT2D eigenvalue weighted by Gasteiger charge is -2.43. The second-order valence-electron chi connectivity index (χ2n) is 7.64. The van der Waals surface area contributed by atoms with Crippen molar-refractivity contribution in [1.82, 2.24) is 4.90 Å². The van der Waals surface area contributed by atoms with Crippen LogP contribution in [0.15, 0.2) is 24.3 Å². The van der Waals surface area contributed by atoms with Crippen molar-refractivity contribution in [2.24, 2.45) is 11.7 Å². The van der Waals surface area contributed by atoms with E-state index in [1.165, 1.54) is 6.42 Å². The largest absolute Gasteiger partial charge is 0.342 e. The fraction of sp³-hybridized carbons (Fsp3) is 0.650. The molecule has 2 fully saturated rings. The summed E-state index contributed by atoms with van der Waals surface area (Å²) in [4.78, 5) is 15.6. The van der Waals surface area contributed by atoms with Crippen LogP contribution in [0.5, 0.6) is 0 Å². The normalized spacial score (nSPS) is 22.1. The van der Waals surface area contributed by atoms with E-state index in [0.29, 0.717) is 11.8 Å². The molecule has 1 amide bonds. The molecule has 3 nitrogen and oxygen atoms in total. The lowest BCUT2D eigenvalue weighted by molar-refractivity contribution is -0.140. The molecule has 1 aromatic rings. The molecule has 2 N–H and O–H groups in total. The van der Waals surface area contributed by atoms with Gasteiger partial charge in [0.1, 0.15) is 0 Å². The summed E-state index contributed by atoms with van der Waals surface area (Å²) in [5.41, 5.74) is 6.85. The second-order valence-corrected chi connectivity index (χ2v) is 8.07. The first-order valence-corrected chi connectivity index (χ1v) is 9.72. The number of hydrogen-bond donors (Lipinski definition) is 1. The van der Waals surface area contributed by atoms with Gasteiger partial charge in [-0.15, -0.1) is 12.4 Å². The molecule has 2 aliphatic rings. The number of carbonyl (C=O) groups is 1. The number of rotatable bonds is 3. The number of carbonyl (C=O) groups excluding carboxylic acids is 1. The van der Waals surface area contributed by atoms with Gasteiger partial charge in [0.15, 0.2) is 0 Å². The van der Waals surface area contributed by atoms with Gasteiger partial charge in [-0.05, 0) is 56.2 Å². The summed E-state index contributed by atoms with van der Waals surface area (Å²) in [6, 6.07) is 8.17. The van der Waals surface area contributed by atoms with Crippen LogP contribution in [0.4, 0.5) is 0 Å². The minimum absolute atomic E-state index is 0. The van der Waals surface area contributed by atoms with Crippen molar-refractivity contribution >= 4 is 29.9 Å².